The van der Waals surface area contributed by atoms with Crippen molar-refractivity contribution in [3.8, 4) is 0 Å². The standard InChI is InChI=1S/C7H4F3N5S/c8-7(9,10)4-1-2-11-5(14-4)16-6-12-3-13-15-6/h1-3H,(H,12,13,15). The van der Waals surface area contributed by atoms with Crippen LogP contribution in [-0.4, -0.2) is 25.1 Å². The highest BCUT2D eigenvalue weighted by atomic mass is 32.2. The van der Waals surface area contributed by atoms with Crippen molar-refractivity contribution in [1.82, 2.24) is 25.1 Å². The third-order valence-corrected chi connectivity index (χ3v) is 2.27. The summed E-state index contributed by atoms with van der Waals surface area (Å²) in [7, 11) is 0. The second-order valence-corrected chi connectivity index (χ2v) is 3.57. The first kappa shape index (κ1) is 10.9. The van der Waals surface area contributed by atoms with Crippen molar-refractivity contribution in [2.45, 2.75) is 16.5 Å². The summed E-state index contributed by atoms with van der Waals surface area (Å²) < 4.78 is 36.9. The zero-order chi connectivity index (χ0) is 11.6. The Morgan fingerprint density at radius 3 is 2.69 bits per heavy atom. The largest absolute Gasteiger partial charge is 0.433 e. The van der Waals surface area contributed by atoms with E-state index in [0.29, 0.717) is 5.16 Å². The summed E-state index contributed by atoms with van der Waals surface area (Å²) in [4.78, 5) is 10.8. The van der Waals surface area contributed by atoms with Crippen molar-refractivity contribution in [3.63, 3.8) is 0 Å². The van der Waals surface area contributed by atoms with Gasteiger partial charge in [-0.15, -0.1) is 0 Å². The molecule has 2 heterocycles. The van der Waals surface area contributed by atoms with E-state index in [9.17, 15) is 13.2 Å². The van der Waals surface area contributed by atoms with Gasteiger partial charge in [-0.2, -0.15) is 18.3 Å². The third-order valence-electron chi connectivity index (χ3n) is 1.50. The van der Waals surface area contributed by atoms with Crippen molar-refractivity contribution < 1.29 is 13.2 Å². The van der Waals surface area contributed by atoms with Crippen molar-refractivity contribution >= 4 is 11.8 Å². The smallest absolute Gasteiger partial charge is 0.254 e. The lowest BCUT2D eigenvalue weighted by Crippen LogP contribution is -2.08. The lowest BCUT2D eigenvalue weighted by Gasteiger charge is -2.05. The number of alkyl halides is 3. The quantitative estimate of drug-likeness (QED) is 0.819. The monoisotopic (exact) mass is 247 g/mol. The van der Waals surface area contributed by atoms with Gasteiger partial charge in [-0.3, -0.25) is 5.10 Å². The van der Waals surface area contributed by atoms with Crippen LogP contribution in [0.1, 0.15) is 5.69 Å². The highest BCUT2D eigenvalue weighted by molar-refractivity contribution is 7.99. The minimum atomic E-state index is -4.47. The van der Waals surface area contributed by atoms with Crippen molar-refractivity contribution in [1.29, 1.82) is 0 Å². The maximum Gasteiger partial charge on any atom is 0.433 e. The fourth-order valence-corrected chi connectivity index (χ4v) is 1.51. The lowest BCUT2D eigenvalue weighted by atomic mass is 10.4. The predicted molar refractivity (Wildman–Crippen MR) is 47.5 cm³/mol. The number of nitrogens with zero attached hydrogens (tertiary/aromatic N) is 4. The Morgan fingerprint density at radius 1 is 1.25 bits per heavy atom. The first-order valence-corrected chi connectivity index (χ1v) is 4.81. The molecule has 16 heavy (non-hydrogen) atoms. The highest BCUT2D eigenvalue weighted by Crippen LogP contribution is 2.29. The van der Waals surface area contributed by atoms with Crippen LogP contribution in [0.3, 0.4) is 0 Å². The molecule has 9 heteroatoms. The predicted octanol–water partition coefficient (Wildman–Crippen LogP) is 1.76. The molecule has 0 aliphatic rings. The van der Waals surface area contributed by atoms with E-state index >= 15 is 0 Å². The van der Waals surface area contributed by atoms with Gasteiger partial charge in [0.05, 0.1) is 0 Å². The van der Waals surface area contributed by atoms with Gasteiger partial charge in [0, 0.05) is 6.20 Å². The maximum absolute atomic E-state index is 12.3. The molecule has 5 nitrogen and oxygen atoms in total. The van der Waals surface area contributed by atoms with Gasteiger partial charge in [-0.1, -0.05) is 0 Å². The van der Waals surface area contributed by atoms with E-state index in [4.69, 9.17) is 0 Å². The molecule has 0 aliphatic carbocycles. The van der Waals surface area contributed by atoms with Gasteiger partial charge in [-0.05, 0) is 17.8 Å². The number of rotatable bonds is 2. The zero-order valence-electron chi connectivity index (χ0n) is 7.56. The minimum Gasteiger partial charge on any atom is -0.254 e. The molecule has 0 saturated heterocycles. The molecular weight excluding hydrogens is 243 g/mol. The van der Waals surface area contributed by atoms with Gasteiger partial charge in [-0.25, -0.2) is 15.0 Å². The Balaban J connectivity index is 2.23. The van der Waals surface area contributed by atoms with Crippen LogP contribution in [0.25, 0.3) is 0 Å². The molecule has 0 saturated carbocycles. The number of aromatic amines is 1. The topological polar surface area (TPSA) is 67.3 Å². The number of nitrogens with one attached hydrogen (secondary N) is 1. The fraction of sp³-hybridized carbons (Fsp3) is 0.143. The van der Waals surface area contributed by atoms with E-state index in [2.05, 4.69) is 25.1 Å². The van der Waals surface area contributed by atoms with E-state index in [1.807, 2.05) is 0 Å². The minimum absolute atomic E-state index is 0.0356. The Hall–Kier alpha value is -1.64. The highest BCUT2D eigenvalue weighted by Gasteiger charge is 2.32. The average Bonchev–Trinajstić information content (AvgIpc) is 2.70. The molecule has 84 valence electrons. The molecule has 0 spiro atoms. The Bertz CT molecular complexity index is 469. The summed E-state index contributed by atoms with van der Waals surface area (Å²) in [6, 6.07) is 0.810. The second kappa shape index (κ2) is 4.08. The maximum atomic E-state index is 12.3. The number of hydrogen-bond acceptors (Lipinski definition) is 5. The third kappa shape index (κ3) is 2.48. The molecule has 2 rings (SSSR count). The normalized spacial score (nSPS) is 11.7. The van der Waals surface area contributed by atoms with E-state index in [1.165, 1.54) is 6.33 Å². The number of hydrogen-bond donors (Lipinski definition) is 1. The van der Waals surface area contributed by atoms with E-state index in [1.54, 1.807) is 0 Å². The summed E-state index contributed by atoms with van der Waals surface area (Å²) in [6.07, 6.45) is -2.18. The summed E-state index contributed by atoms with van der Waals surface area (Å²) >= 11 is 0.873. The van der Waals surface area contributed by atoms with E-state index in [-0.39, 0.29) is 5.16 Å². The first-order valence-electron chi connectivity index (χ1n) is 3.99. The SMILES string of the molecule is FC(F)(F)c1ccnc(Sc2ncn[nH]2)n1. The fourth-order valence-electron chi connectivity index (χ4n) is 0.878. The Labute approximate surface area is 91.5 Å². The van der Waals surface area contributed by atoms with Gasteiger partial charge < -0.3 is 0 Å². The van der Waals surface area contributed by atoms with Crippen LogP contribution < -0.4 is 0 Å². The molecule has 0 aliphatic heterocycles. The van der Waals surface area contributed by atoms with Crippen LogP contribution in [-0.2, 0) is 6.18 Å². The number of halogens is 3. The molecule has 0 aromatic carbocycles. The number of H-pyrrole nitrogens is 1. The van der Waals surface area contributed by atoms with E-state index in [0.717, 1.165) is 24.0 Å². The average molecular weight is 247 g/mol. The molecule has 1 N–H and O–H groups in total. The first-order chi connectivity index (χ1) is 7.55. The van der Waals surface area contributed by atoms with Crippen molar-refractivity contribution in [2.24, 2.45) is 0 Å². The molecular formula is C7H4F3N5S. The van der Waals surface area contributed by atoms with Crippen molar-refractivity contribution in [3.05, 3.63) is 24.3 Å². The van der Waals surface area contributed by atoms with Crippen LogP contribution in [0, 0.1) is 0 Å². The second-order valence-electron chi connectivity index (χ2n) is 2.61. The van der Waals surface area contributed by atoms with Gasteiger partial charge in [0.2, 0.25) is 0 Å². The van der Waals surface area contributed by atoms with Crippen LogP contribution in [0.15, 0.2) is 28.9 Å². The van der Waals surface area contributed by atoms with Crippen LogP contribution in [0.5, 0.6) is 0 Å². The van der Waals surface area contributed by atoms with Gasteiger partial charge in [0.25, 0.3) is 0 Å². The molecule has 0 amide bonds. The van der Waals surface area contributed by atoms with Gasteiger partial charge in [0.1, 0.15) is 12.0 Å². The molecule has 0 atom stereocenters. The summed E-state index contributed by atoms with van der Waals surface area (Å²) in [5.74, 6) is 0. The summed E-state index contributed by atoms with van der Waals surface area (Å²) in [6.45, 7) is 0. The Morgan fingerprint density at radius 2 is 2.06 bits per heavy atom. The van der Waals surface area contributed by atoms with Crippen LogP contribution in [0.2, 0.25) is 0 Å². The summed E-state index contributed by atoms with van der Waals surface area (Å²) in [5.41, 5.74) is -0.982. The molecule has 0 radical (unpaired) electrons. The molecule has 0 fully saturated rings. The summed E-state index contributed by atoms with van der Waals surface area (Å²) in [5, 5.41) is 6.34. The van der Waals surface area contributed by atoms with Crippen LogP contribution >= 0.6 is 11.8 Å². The lowest BCUT2D eigenvalue weighted by molar-refractivity contribution is -0.141. The Kier molecular flexibility index (Phi) is 2.77. The van der Waals surface area contributed by atoms with Crippen molar-refractivity contribution in [2.75, 3.05) is 0 Å². The zero-order valence-corrected chi connectivity index (χ0v) is 8.38. The van der Waals surface area contributed by atoms with Gasteiger partial charge >= 0.3 is 6.18 Å². The molecule has 0 bridgehead atoms. The van der Waals surface area contributed by atoms with E-state index < -0.39 is 11.9 Å². The molecule has 2 aromatic rings. The van der Waals surface area contributed by atoms with Gasteiger partial charge in [0.15, 0.2) is 10.3 Å². The molecule has 0 unspecified atom stereocenters. The number of aromatic nitrogens is 5. The molecule has 2 aromatic heterocycles. The van der Waals surface area contributed by atoms with Crippen LogP contribution in [0.4, 0.5) is 13.2 Å².